The zero-order valence-corrected chi connectivity index (χ0v) is 15.3. The average molecular weight is 365 g/mol. The van der Waals surface area contributed by atoms with E-state index in [1.165, 1.54) is 23.9 Å². The molecule has 2 amide bonds. The molecule has 1 aromatic carbocycles. The Balaban J connectivity index is 1.38. The third kappa shape index (κ3) is 3.60. The van der Waals surface area contributed by atoms with Crippen molar-refractivity contribution in [1.82, 2.24) is 15.6 Å². The number of aromatic nitrogens is 1. The lowest BCUT2D eigenvalue weighted by Gasteiger charge is -2.18. The Morgan fingerprint density at radius 1 is 1.19 bits per heavy atom. The molecule has 0 fully saturated rings. The van der Waals surface area contributed by atoms with Crippen LogP contribution in [-0.4, -0.2) is 29.9 Å². The van der Waals surface area contributed by atoms with Crippen molar-refractivity contribution in [2.24, 2.45) is 5.92 Å². The first-order valence-electron chi connectivity index (χ1n) is 9.35. The molecule has 6 nitrogen and oxygen atoms in total. The Kier molecular flexibility index (Phi) is 4.71. The summed E-state index contributed by atoms with van der Waals surface area (Å²) in [4.78, 5) is 27.7. The lowest BCUT2D eigenvalue weighted by Crippen LogP contribution is -2.34. The highest BCUT2D eigenvalue weighted by molar-refractivity contribution is 5.99. The van der Waals surface area contributed by atoms with Gasteiger partial charge in [-0.3, -0.25) is 9.59 Å². The number of nitrogens with one attached hydrogen (secondary N) is 3. The standard InChI is InChI=1S/C21H23N3O3/c1-13-4-6-17-15(11-13)16-12-14(5-7-18(16)24-17)20(25)22-8-9-23-21(26)19-3-2-10-27-19/h2-3,5,7,10,12-13,24H,4,6,8-9,11H2,1H3,(H,22,25)(H,23,26)/t13-/m1/s1. The zero-order valence-electron chi connectivity index (χ0n) is 15.3. The van der Waals surface area contributed by atoms with Crippen LogP contribution in [-0.2, 0) is 12.8 Å². The molecule has 0 unspecified atom stereocenters. The number of amides is 2. The Morgan fingerprint density at radius 3 is 2.78 bits per heavy atom. The molecular weight excluding hydrogens is 342 g/mol. The SMILES string of the molecule is C[C@@H]1CCc2[nH]c3ccc(C(=O)NCCNC(=O)c4ccco4)cc3c2C1. The molecule has 4 rings (SSSR count). The van der Waals surface area contributed by atoms with Gasteiger partial charge in [-0.2, -0.15) is 0 Å². The van der Waals surface area contributed by atoms with Crippen molar-refractivity contribution in [2.45, 2.75) is 26.2 Å². The molecule has 0 aliphatic heterocycles. The van der Waals surface area contributed by atoms with Crippen LogP contribution in [0.5, 0.6) is 0 Å². The summed E-state index contributed by atoms with van der Waals surface area (Å²) >= 11 is 0. The smallest absolute Gasteiger partial charge is 0.287 e. The fourth-order valence-electron chi connectivity index (χ4n) is 3.68. The van der Waals surface area contributed by atoms with Crippen molar-refractivity contribution in [3.8, 4) is 0 Å². The van der Waals surface area contributed by atoms with E-state index in [0.29, 0.717) is 24.6 Å². The second kappa shape index (κ2) is 7.31. The number of H-pyrrole nitrogens is 1. The summed E-state index contributed by atoms with van der Waals surface area (Å²) in [6, 6.07) is 9.05. The molecule has 3 N–H and O–H groups in total. The predicted octanol–water partition coefficient (Wildman–Crippen LogP) is 3.05. The summed E-state index contributed by atoms with van der Waals surface area (Å²) in [5.41, 5.74) is 4.39. The van der Waals surface area contributed by atoms with Gasteiger partial charge in [0.1, 0.15) is 0 Å². The monoisotopic (exact) mass is 365 g/mol. The topological polar surface area (TPSA) is 87.1 Å². The number of aromatic amines is 1. The van der Waals surface area contributed by atoms with E-state index >= 15 is 0 Å². The van der Waals surface area contributed by atoms with Gasteiger partial charge in [0.15, 0.2) is 5.76 Å². The summed E-state index contributed by atoms with van der Waals surface area (Å²) < 4.78 is 5.03. The third-order valence-electron chi connectivity index (χ3n) is 5.14. The van der Waals surface area contributed by atoms with Crippen LogP contribution in [0.4, 0.5) is 0 Å². The Labute approximate surface area is 157 Å². The lowest BCUT2D eigenvalue weighted by atomic mass is 9.87. The average Bonchev–Trinajstić information content (AvgIpc) is 3.32. The van der Waals surface area contributed by atoms with E-state index in [2.05, 4.69) is 22.5 Å². The molecule has 3 aromatic rings. The highest BCUT2D eigenvalue weighted by Gasteiger charge is 2.20. The maximum atomic E-state index is 12.5. The number of carbonyl (C=O) groups excluding carboxylic acids is 2. The molecule has 2 heterocycles. The summed E-state index contributed by atoms with van der Waals surface area (Å²) in [6.07, 6.45) is 4.78. The molecule has 6 heteroatoms. The second-order valence-corrected chi connectivity index (χ2v) is 7.18. The molecule has 1 aliphatic carbocycles. The summed E-state index contributed by atoms with van der Waals surface area (Å²) in [6.45, 7) is 2.96. The van der Waals surface area contributed by atoms with Crippen LogP contribution in [0.2, 0.25) is 0 Å². The quantitative estimate of drug-likeness (QED) is 0.607. The summed E-state index contributed by atoms with van der Waals surface area (Å²) in [5.74, 6) is 0.511. The van der Waals surface area contributed by atoms with Gasteiger partial charge >= 0.3 is 0 Å². The first-order chi connectivity index (χ1) is 13.1. The molecule has 1 atom stereocenters. The molecule has 2 aromatic heterocycles. The van der Waals surface area contributed by atoms with E-state index in [9.17, 15) is 9.59 Å². The molecule has 0 radical (unpaired) electrons. The first kappa shape index (κ1) is 17.4. The molecule has 140 valence electrons. The minimum atomic E-state index is -0.288. The van der Waals surface area contributed by atoms with E-state index < -0.39 is 0 Å². The second-order valence-electron chi connectivity index (χ2n) is 7.18. The van der Waals surface area contributed by atoms with Crippen molar-refractivity contribution < 1.29 is 14.0 Å². The van der Waals surface area contributed by atoms with Gasteiger partial charge < -0.3 is 20.0 Å². The van der Waals surface area contributed by atoms with E-state index in [0.717, 1.165) is 23.7 Å². The molecule has 27 heavy (non-hydrogen) atoms. The van der Waals surface area contributed by atoms with Crippen LogP contribution >= 0.6 is 0 Å². The van der Waals surface area contributed by atoms with Crippen molar-refractivity contribution in [3.05, 3.63) is 59.2 Å². The highest BCUT2D eigenvalue weighted by Crippen LogP contribution is 2.32. The molecule has 1 aliphatic rings. The number of carbonyl (C=O) groups is 2. The Morgan fingerprint density at radius 2 is 2.00 bits per heavy atom. The van der Waals surface area contributed by atoms with Crippen LogP contribution in [0, 0.1) is 5.92 Å². The van der Waals surface area contributed by atoms with E-state index in [-0.39, 0.29) is 17.6 Å². The van der Waals surface area contributed by atoms with Crippen molar-refractivity contribution in [3.63, 3.8) is 0 Å². The van der Waals surface area contributed by atoms with Crippen molar-refractivity contribution in [2.75, 3.05) is 13.1 Å². The van der Waals surface area contributed by atoms with E-state index in [1.54, 1.807) is 12.1 Å². The van der Waals surface area contributed by atoms with Crippen molar-refractivity contribution >= 4 is 22.7 Å². The van der Waals surface area contributed by atoms with Crippen LogP contribution in [0.3, 0.4) is 0 Å². The molecule has 0 bridgehead atoms. The zero-order chi connectivity index (χ0) is 18.8. The van der Waals surface area contributed by atoms with Gasteiger partial charge in [-0.05, 0) is 61.1 Å². The summed E-state index contributed by atoms with van der Waals surface area (Å²) in [5, 5.41) is 6.71. The molecule has 0 saturated carbocycles. The number of aryl methyl sites for hydroxylation is 1. The fraction of sp³-hybridized carbons (Fsp3) is 0.333. The molecule has 0 spiro atoms. The first-order valence-corrected chi connectivity index (χ1v) is 9.35. The van der Waals surface area contributed by atoms with Gasteiger partial charge in [0.2, 0.25) is 0 Å². The minimum Gasteiger partial charge on any atom is -0.459 e. The predicted molar refractivity (Wildman–Crippen MR) is 103 cm³/mol. The van der Waals surface area contributed by atoms with Gasteiger partial charge in [-0.15, -0.1) is 0 Å². The van der Waals surface area contributed by atoms with Gasteiger partial charge in [-0.1, -0.05) is 6.92 Å². The number of benzene rings is 1. The van der Waals surface area contributed by atoms with Crippen LogP contribution < -0.4 is 10.6 Å². The maximum Gasteiger partial charge on any atom is 0.287 e. The van der Waals surface area contributed by atoms with Gasteiger partial charge in [-0.25, -0.2) is 0 Å². The fourth-order valence-corrected chi connectivity index (χ4v) is 3.68. The largest absolute Gasteiger partial charge is 0.459 e. The Hall–Kier alpha value is -3.02. The molecular formula is C21H23N3O3. The number of hydrogen-bond acceptors (Lipinski definition) is 3. The van der Waals surface area contributed by atoms with Gasteiger partial charge in [0, 0.05) is 35.2 Å². The Bertz CT molecular complexity index is 972. The van der Waals surface area contributed by atoms with Gasteiger partial charge in [0.05, 0.1) is 6.26 Å². The van der Waals surface area contributed by atoms with Crippen LogP contribution in [0.25, 0.3) is 10.9 Å². The van der Waals surface area contributed by atoms with E-state index in [1.807, 2.05) is 18.2 Å². The number of hydrogen-bond donors (Lipinski definition) is 3. The number of fused-ring (bicyclic) bond motifs is 3. The normalized spacial score (nSPS) is 16.1. The number of furan rings is 1. The highest BCUT2D eigenvalue weighted by atomic mass is 16.3. The third-order valence-corrected chi connectivity index (χ3v) is 5.14. The van der Waals surface area contributed by atoms with E-state index in [4.69, 9.17) is 4.42 Å². The minimum absolute atomic E-state index is 0.136. The lowest BCUT2D eigenvalue weighted by molar-refractivity contribution is 0.0910. The van der Waals surface area contributed by atoms with Crippen molar-refractivity contribution in [1.29, 1.82) is 0 Å². The van der Waals surface area contributed by atoms with Crippen LogP contribution in [0.15, 0.2) is 41.0 Å². The molecule has 0 saturated heterocycles. The summed E-state index contributed by atoms with van der Waals surface area (Å²) in [7, 11) is 0. The number of rotatable bonds is 5. The maximum absolute atomic E-state index is 12.5. The van der Waals surface area contributed by atoms with Gasteiger partial charge in [0.25, 0.3) is 11.8 Å². The van der Waals surface area contributed by atoms with Crippen LogP contribution in [0.1, 0.15) is 45.5 Å².